The molecule has 2 unspecified atom stereocenters. The maximum atomic E-state index is 13.4. The number of nitrogens with zero attached hydrogens (tertiary/aromatic N) is 6. The van der Waals surface area contributed by atoms with Crippen molar-refractivity contribution in [2.75, 3.05) is 34.2 Å². The molecule has 1 fully saturated rings. The van der Waals surface area contributed by atoms with Crippen molar-refractivity contribution in [2.24, 2.45) is 4.99 Å². The second kappa shape index (κ2) is 7.76. The minimum absolute atomic E-state index is 0.123. The second-order valence-corrected chi connectivity index (χ2v) is 8.80. The van der Waals surface area contributed by atoms with E-state index in [1.165, 1.54) is 9.80 Å². The largest absolute Gasteiger partial charge is 0.328 e. The number of benzene rings is 1. The van der Waals surface area contributed by atoms with Crippen LogP contribution in [0.5, 0.6) is 0 Å². The molecule has 1 aromatic carbocycles. The normalized spacial score (nSPS) is 23.3. The van der Waals surface area contributed by atoms with E-state index in [0.29, 0.717) is 16.0 Å². The van der Waals surface area contributed by atoms with Crippen LogP contribution in [0.3, 0.4) is 0 Å². The summed E-state index contributed by atoms with van der Waals surface area (Å²) in [5, 5.41) is 0.816. The smallest absolute Gasteiger partial charge is 0.313 e. The molecular weight excluding hydrogens is 427 g/mol. The number of carbonyl (C=O) groups is 2. The Kier molecular flexibility index (Phi) is 5.42. The van der Waals surface area contributed by atoms with Crippen LogP contribution in [0.2, 0.25) is 10.0 Å². The number of guanidine groups is 1. The Morgan fingerprint density at radius 3 is 2.53 bits per heavy atom. The number of amides is 3. The summed E-state index contributed by atoms with van der Waals surface area (Å²) in [5.74, 6) is 0.445. The molecule has 0 saturated carbocycles. The highest BCUT2D eigenvalue weighted by atomic mass is 35.5. The van der Waals surface area contributed by atoms with Crippen molar-refractivity contribution in [3.63, 3.8) is 0 Å². The van der Waals surface area contributed by atoms with Crippen molar-refractivity contribution in [3.8, 4) is 0 Å². The topological polar surface area (TPSA) is 62.7 Å². The molecule has 0 aromatic heterocycles. The number of allylic oxidation sites excluding steroid dienone is 1. The van der Waals surface area contributed by atoms with Gasteiger partial charge in [-0.3, -0.25) is 9.69 Å². The molecule has 0 N–H and O–H groups in total. The Hall–Kier alpha value is -2.29. The van der Waals surface area contributed by atoms with Gasteiger partial charge in [-0.1, -0.05) is 29.3 Å². The van der Waals surface area contributed by atoms with Gasteiger partial charge in [0.2, 0.25) is 5.96 Å². The SMILES string of the molecule is CC1=CN2C(=NC3C2C(=O)N(Cc2ccc(Cl)c(Cl)c2)C(=O)N3C)N1CCN(C)C. The first kappa shape index (κ1) is 21.0. The summed E-state index contributed by atoms with van der Waals surface area (Å²) in [7, 11) is 5.71. The van der Waals surface area contributed by atoms with Crippen LogP contribution in [0.25, 0.3) is 0 Å². The lowest BCUT2D eigenvalue weighted by Gasteiger charge is -2.40. The summed E-state index contributed by atoms with van der Waals surface area (Å²) in [6, 6.07) is 4.15. The summed E-state index contributed by atoms with van der Waals surface area (Å²) >= 11 is 12.1. The zero-order valence-electron chi connectivity index (χ0n) is 17.3. The fourth-order valence-electron chi connectivity index (χ4n) is 3.94. The highest BCUT2D eigenvalue weighted by molar-refractivity contribution is 6.42. The number of halogens is 2. The number of fused-ring (bicyclic) bond motifs is 3. The molecule has 0 aliphatic carbocycles. The van der Waals surface area contributed by atoms with E-state index in [-0.39, 0.29) is 18.5 Å². The predicted octanol–water partition coefficient (Wildman–Crippen LogP) is 2.49. The van der Waals surface area contributed by atoms with E-state index in [9.17, 15) is 9.59 Å². The minimum Gasteiger partial charge on any atom is -0.313 e. The van der Waals surface area contributed by atoms with Crippen LogP contribution in [0, 0.1) is 0 Å². The average molecular weight is 451 g/mol. The Balaban J connectivity index is 1.59. The van der Waals surface area contributed by atoms with Crippen LogP contribution in [0.15, 0.2) is 35.1 Å². The van der Waals surface area contributed by atoms with Crippen LogP contribution < -0.4 is 0 Å². The number of likely N-dealkylation sites (N-methyl/N-ethyl adjacent to an activating group) is 2. The molecule has 3 aliphatic heterocycles. The third kappa shape index (κ3) is 3.42. The van der Waals surface area contributed by atoms with E-state index in [1.807, 2.05) is 32.1 Å². The van der Waals surface area contributed by atoms with Crippen LogP contribution >= 0.6 is 23.2 Å². The van der Waals surface area contributed by atoms with Crippen molar-refractivity contribution in [1.82, 2.24) is 24.5 Å². The maximum Gasteiger partial charge on any atom is 0.328 e. The lowest BCUT2D eigenvalue weighted by molar-refractivity contribution is -0.137. The molecule has 3 heterocycles. The second-order valence-electron chi connectivity index (χ2n) is 7.99. The summed E-state index contributed by atoms with van der Waals surface area (Å²) in [6.45, 7) is 3.72. The van der Waals surface area contributed by atoms with Gasteiger partial charge < -0.3 is 19.6 Å². The van der Waals surface area contributed by atoms with Gasteiger partial charge in [0.25, 0.3) is 5.91 Å². The summed E-state index contributed by atoms with van der Waals surface area (Å²) in [4.78, 5) is 40.0. The highest BCUT2D eigenvalue weighted by Crippen LogP contribution is 2.34. The zero-order chi connectivity index (χ0) is 21.7. The van der Waals surface area contributed by atoms with Gasteiger partial charge in [0.15, 0.2) is 12.2 Å². The number of rotatable bonds is 5. The number of carbonyl (C=O) groups excluding carboxylic acids is 2. The molecule has 0 bridgehead atoms. The Labute approximate surface area is 185 Å². The first-order valence-electron chi connectivity index (χ1n) is 9.68. The van der Waals surface area contributed by atoms with E-state index >= 15 is 0 Å². The Morgan fingerprint density at radius 2 is 1.87 bits per heavy atom. The molecule has 3 aliphatic rings. The number of aliphatic imine (C=N–C) groups is 1. The standard InChI is InChI=1S/C20H24Cl2N6O2/c1-12-10-27-16-17(23-19(27)26(12)8-7-24(2)3)25(4)20(30)28(18(16)29)11-13-5-6-14(21)15(22)9-13/h5-6,9-10,16-17H,7-8,11H2,1-4H3. The van der Waals surface area contributed by atoms with E-state index in [0.717, 1.165) is 24.4 Å². The van der Waals surface area contributed by atoms with Crippen molar-refractivity contribution in [2.45, 2.75) is 25.7 Å². The number of hydrogen-bond donors (Lipinski definition) is 0. The molecular formula is C20H24Cl2N6O2. The number of imide groups is 1. The number of hydrogen-bond acceptors (Lipinski definition) is 6. The fraction of sp³-hybridized carbons (Fsp3) is 0.450. The third-order valence-electron chi connectivity index (χ3n) is 5.60. The summed E-state index contributed by atoms with van der Waals surface area (Å²) in [5.41, 5.74) is 1.76. The van der Waals surface area contributed by atoms with Gasteiger partial charge in [0.05, 0.1) is 16.6 Å². The van der Waals surface area contributed by atoms with Crippen molar-refractivity contribution in [3.05, 3.63) is 45.7 Å². The molecule has 3 amide bonds. The van der Waals surface area contributed by atoms with Crippen LogP contribution in [-0.2, 0) is 11.3 Å². The third-order valence-corrected chi connectivity index (χ3v) is 6.34. The predicted molar refractivity (Wildman–Crippen MR) is 116 cm³/mol. The van der Waals surface area contributed by atoms with E-state index in [1.54, 1.807) is 25.2 Å². The summed E-state index contributed by atoms with van der Waals surface area (Å²) < 4.78 is 0. The van der Waals surface area contributed by atoms with E-state index in [2.05, 4.69) is 9.80 Å². The molecule has 30 heavy (non-hydrogen) atoms. The highest BCUT2D eigenvalue weighted by Gasteiger charge is 2.54. The van der Waals surface area contributed by atoms with Crippen molar-refractivity contribution in [1.29, 1.82) is 0 Å². The van der Waals surface area contributed by atoms with Crippen molar-refractivity contribution < 1.29 is 9.59 Å². The monoisotopic (exact) mass is 450 g/mol. The molecule has 0 radical (unpaired) electrons. The molecule has 2 atom stereocenters. The Morgan fingerprint density at radius 1 is 1.13 bits per heavy atom. The maximum absolute atomic E-state index is 13.4. The molecule has 160 valence electrons. The van der Waals surface area contributed by atoms with Gasteiger partial charge in [0.1, 0.15) is 0 Å². The van der Waals surface area contributed by atoms with Crippen LogP contribution in [0.1, 0.15) is 12.5 Å². The van der Waals surface area contributed by atoms with Crippen LogP contribution in [-0.4, -0.2) is 88.8 Å². The van der Waals surface area contributed by atoms with Crippen molar-refractivity contribution >= 4 is 41.1 Å². The lowest BCUT2D eigenvalue weighted by atomic mass is 10.1. The quantitative estimate of drug-likeness (QED) is 0.689. The molecule has 4 rings (SSSR count). The van der Waals surface area contributed by atoms with E-state index in [4.69, 9.17) is 28.2 Å². The van der Waals surface area contributed by atoms with Crippen LogP contribution in [0.4, 0.5) is 4.79 Å². The zero-order valence-corrected chi connectivity index (χ0v) is 18.9. The van der Waals surface area contributed by atoms with E-state index < -0.39 is 12.2 Å². The molecule has 1 saturated heterocycles. The fourth-order valence-corrected chi connectivity index (χ4v) is 4.26. The minimum atomic E-state index is -0.579. The molecule has 8 nitrogen and oxygen atoms in total. The number of urea groups is 1. The van der Waals surface area contributed by atoms with Gasteiger partial charge in [-0.25, -0.2) is 9.79 Å². The molecule has 10 heteroatoms. The van der Waals surface area contributed by atoms with Gasteiger partial charge >= 0.3 is 6.03 Å². The lowest BCUT2D eigenvalue weighted by Crippen LogP contribution is -2.63. The average Bonchev–Trinajstić information content (AvgIpc) is 3.19. The summed E-state index contributed by atoms with van der Waals surface area (Å²) in [6.07, 6.45) is 1.40. The van der Waals surface area contributed by atoms with Gasteiger partial charge in [-0.2, -0.15) is 0 Å². The Bertz CT molecular complexity index is 963. The van der Waals surface area contributed by atoms with Gasteiger partial charge in [0, 0.05) is 32.0 Å². The molecule has 0 spiro atoms. The first-order valence-corrected chi connectivity index (χ1v) is 10.4. The van der Waals surface area contributed by atoms with Gasteiger partial charge in [-0.15, -0.1) is 0 Å². The first-order chi connectivity index (χ1) is 14.2. The van der Waals surface area contributed by atoms with Gasteiger partial charge in [-0.05, 0) is 38.7 Å². The molecule has 1 aromatic rings.